The normalized spacial score (nSPS) is 12.0. The van der Waals surface area contributed by atoms with E-state index in [2.05, 4.69) is 0 Å². The fourth-order valence-corrected chi connectivity index (χ4v) is 1.18. The van der Waals surface area contributed by atoms with Gasteiger partial charge in [0.1, 0.15) is 13.6 Å². The van der Waals surface area contributed by atoms with E-state index < -0.39 is 0 Å². The highest BCUT2D eigenvalue weighted by molar-refractivity contribution is 4.56. The van der Waals surface area contributed by atoms with Gasteiger partial charge in [0, 0.05) is 26.4 Å². The van der Waals surface area contributed by atoms with Crippen LogP contribution < -0.4 is 0 Å². The lowest BCUT2D eigenvalue weighted by Crippen LogP contribution is -2.21. The Labute approximate surface area is 117 Å². The van der Waals surface area contributed by atoms with E-state index in [0.717, 1.165) is 25.7 Å². The largest absolute Gasteiger partial charge is 0.396 e. The molecule has 19 heavy (non-hydrogen) atoms. The van der Waals surface area contributed by atoms with Crippen LogP contribution >= 0.6 is 0 Å². The van der Waals surface area contributed by atoms with E-state index in [1.807, 2.05) is 20.8 Å². The van der Waals surface area contributed by atoms with Crippen LogP contribution in [0.3, 0.4) is 0 Å². The van der Waals surface area contributed by atoms with Gasteiger partial charge in [-0.25, -0.2) is 0 Å². The zero-order valence-corrected chi connectivity index (χ0v) is 12.7. The van der Waals surface area contributed by atoms with Crippen LogP contribution in [-0.4, -0.2) is 50.7 Å². The lowest BCUT2D eigenvalue weighted by atomic mass is 10.2. The lowest BCUT2D eigenvalue weighted by molar-refractivity contribution is -0.121. The Hall–Kier alpha value is -0.200. The van der Waals surface area contributed by atoms with E-state index >= 15 is 0 Å². The van der Waals surface area contributed by atoms with Crippen LogP contribution in [0.5, 0.6) is 0 Å². The average molecular weight is 278 g/mol. The molecule has 0 aliphatic heterocycles. The smallest absolute Gasteiger partial charge is 0.147 e. The van der Waals surface area contributed by atoms with Gasteiger partial charge in [-0.2, -0.15) is 0 Å². The second-order valence-electron chi connectivity index (χ2n) is 5.35. The molecule has 0 saturated heterocycles. The Morgan fingerprint density at radius 3 is 1.68 bits per heavy atom. The molecule has 0 saturated carbocycles. The topological polar surface area (TPSA) is 57.2 Å². The Bertz CT molecular complexity index is 179. The molecule has 0 aliphatic rings. The van der Waals surface area contributed by atoms with Crippen LogP contribution in [0.2, 0.25) is 0 Å². The van der Waals surface area contributed by atoms with E-state index in [0.29, 0.717) is 33.4 Å². The van der Waals surface area contributed by atoms with E-state index in [1.165, 1.54) is 0 Å². The molecule has 0 rings (SSSR count). The predicted octanol–water partition coefficient (Wildman–Crippen LogP) is 2.32. The van der Waals surface area contributed by atoms with Crippen molar-refractivity contribution in [1.82, 2.24) is 0 Å². The molecule has 0 aromatic carbocycles. The van der Waals surface area contributed by atoms with Crippen molar-refractivity contribution < 1.29 is 24.1 Å². The second kappa shape index (κ2) is 12.8. The van der Waals surface area contributed by atoms with E-state index in [-0.39, 0.29) is 12.2 Å². The Morgan fingerprint density at radius 2 is 1.21 bits per heavy atom. The molecule has 0 aliphatic carbocycles. The quantitative estimate of drug-likeness (QED) is 0.414. The van der Waals surface area contributed by atoms with Crippen molar-refractivity contribution in [3.8, 4) is 0 Å². The number of hydrogen-bond donors (Lipinski definition) is 1. The minimum atomic E-state index is -0.142. The Kier molecular flexibility index (Phi) is 12.7. The molecule has 0 bridgehead atoms. The third-order valence-corrected chi connectivity index (χ3v) is 2.27. The van der Waals surface area contributed by atoms with Gasteiger partial charge in [-0.3, -0.25) is 0 Å². The minimum Gasteiger partial charge on any atom is -0.396 e. The highest BCUT2D eigenvalue weighted by Gasteiger charge is 2.08. The number of unbranched alkanes of at least 4 members (excludes halogenated alkanes) is 2. The van der Waals surface area contributed by atoms with Gasteiger partial charge in [0.15, 0.2) is 0 Å². The van der Waals surface area contributed by atoms with Crippen LogP contribution in [0.25, 0.3) is 0 Å². The molecule has 0 radical (unpaired) electrons. The number of aliphatic hydroxyl groups is 1. The van der Waals surface area contributed by atoms with Crippen molar-refractivity contribution in [1.29, 1.82) is 0 Å². The van der Waals surface area contributed by atoms with Crippen molar-refractivity contribution in [2.75, 3.05) is 40.0 Å². The molecule has 0 atom stereocenters. The zero-order valence-electron chi connectivity index (χ0n) is 12.7. The number of rotatable bonds is 13. The summed E-state index contributed by atoms with van der Waals surface area (Å²) in [5.41, 5.74) is -0.142. The molecule has 5 nitrogen and oxygen atoms in total. The van der Waals surface area contributed by atoms with Gasteiger partial charge in [0.25, 0.3) is 0 Å². The van der Waals surface area contributed by atoms with Crippen LogP contribution in [0.4, 0.5) is 0 Å². The highest BCUT2D eigenvalue weighted by atomic mass is 16.7. The maximum absolute atomic E-state index is 8.56. The molecular formula is C14H30O5. The third-order valence-electron chi connectivity index (χ3n) is 2.27. The Morgan fingerprint density at radius 1 is 0.737 bits per heavy atom. The van der Waals surface area contributed by atoms with Gasteiger partial charge in [0.2, 0.25) is 0 Å². The van der Waals surface area contributed by atoms with Gasteiger partial charge in [0.05, 0.1) is 5.60 Å². The summed E-state index contributed by atoms with van der Waals surface area (Å²) in [6, 6.07) is 0. The van der Waals surface area contributed by atoms with Crippen molar-refractivity contribution >= 4 is 0 Å². The molecule has 5 heteroatoms. The number of ether oxygens (including phenoxy) is 4. The zero-order chi connectivity index (χ0) is 14.4. The molecule has 1 N–H and O–H groups in total. The molecule has 0 fully saturated rings. The van der Waals surface area contributed by atoms with Crippen LogP contribution in [0, 0.1) is 0 Å². The molecule has 0 heterocycles. The highest BCUT2D eigenvalue weighted by Crippen LogP contribution is 2.06. The average Bonchev–Trinajstić information content (AvgIpc) is 2.34. The molecule has 0 spiro atoms. The van der Waals surface area contributed by atoms with Crippen molar-refractivity contribution in [2.24, 2.45) is 0 Å². The summed E-state index contributed by atoms with van der Waals surface area (Å²) in [4.78, 5) is 0. The first-order valence-electron chi connectivity index (χ1n) is 7.04. The molecule has 0 aromatic rings. The van der Waals surface area contributed by atoms with Crippen LogP contribution in [0.1, 0.15) is 46.5 Å². The third kappa shape index (κ3) is 17.8. The van der Waals surface area contributed by atoms with Crippen molar-refractivity contribution in [3.63, 3.8) is 0 Å². The van der Waals surface area contributed by atoms with Gasteiger partial charge in [-0.1, -0.05) is 0 Å². The van der Waals surface area contributed by atoms with Crippen molar-refractivity contribution in [2.45, 2.75) is 52.1 Å². The van der Waals surface area contributed by atoms with Gasteiger partial charge in [-0.15, -0.1) is 0 Å². The van der Waals surface area contributed by atoms with E-state index in [9.17, 15) is 0 Å². The first-order valence-corrected chi connectivity index (χ1v) is 7.04. The molecule has 116 valence electrons. The first-order chi connectivity index (χ1) is 9.06. The van der Waals surface area contributed by atoms with Gasteiger partial charge < -0.3 is 24.1 Å². The summed E-state index contributed by atoms with van der Waals surface area (Å²) in [6.45, 7) is 8.94. The standard InChI is InChI=1S/C14H30O5/c1-14(2,3)19-13-18-11-7-6-10-17-12-16-9-5-4-8-15/h15H,4-13H2,1-3H3. The molecule has 0 amide bonds. The summed E-state index contributed by atoms with van der Waals surface area (Å²) in [7, 11) is 0. The van der Waals surface area contributed by atoms with E-state index in [1.54, 1.807) is 0 Å². The van der Waals surface area contributed by atoms with Gasteiger partial charge in [-0.05, 0) is 46.5 Å². The fraction of sp³-hybridized carbons (Fsp3) is 1.00. The Balaban J connectivity index is 2.99. The minimum absolute atomic E-state index is 0.142. The number of aliphatic hydroxyl groups excluding tert-OH is 1. The summed E-state index contributed by atoms with van der Waals surface area (Å²) in [6.07, 6.45) is 3.57. The SMILES string of the molecule is CC(C)(C)OCOCCCCOCOCCCCO. The fourth-order valence-electron chi connectivity index (χ4n) is 1.18. The summed E-state index contributed by atoms with van der Waals surface area (Å²) < 4.78 is 21.3. The summed E-state index contributed by atoms with van der Waals surface area (Å²) in [5, 5.41) is 8.56. The number of hydrogen-bond acceptors (Lipinski definition) is 5. The summed E-state index contributed by atoms with van der Waals surface area (Å²) >= 11 is 0. The first kappa shape index (κ1) is 18.8. The maximum Gasteiger partial charge on any atom is 0.147 e. The van der Waals surface area contributed by atoms with Crippen molar-refractivity contribution in [3.05, 3.63) is 0 Å². The predicted molar refractivity (Wildman–Crippen MR) is 74.0 cm³/mol. The molecule has 0 unspecified atom stereocenters. The lowest BCUT2D eigenvalue weighted by Gasteiger charge is -2.19. The molecule has 0 aromatic heterocycles. The van der Waals surface area contributed by atoms with Gasteiger partial charge >= 0.3 is 0 Å². The van der Waals surface area contributed by atoms with Crippen LogP contribution in [0.15, 0.2) is 0 Å². The monoisotopic (exact) mass is 278 g/mol. The van der Waals surface area contributed by atoms with E-state index in [4.69, 9.17) is 24.1 Å². The second-order valence-corrected chi connectivity index (χ2v) is 5.35. The molecular weight excluding hydrogens is 248 g/mol. The summed E-state index contributed by atoms with van der Waals surface area (Å²) in [5.74, 6) is 0. The maximum atomic E-state index is 8.56. The van der Waals surface area contributed by atoms with Crippen LogP contribution in [-0.2, 0) is 18.9 Å².